The van der Waals surface area contributed by atoms with Crippen LogP contribution >= 0.6 is 0 Å². The summed E-state index contributed by atoms with van der Waals surface area (Å²) in [5, 5.41) is 0. The van der Waals surface area contributed by atoms with E-state index in [9.17, 15) is 13.2 Å². The number of carbonyl (C=O) groups excluding carboxylic acids is 1. The highest BCUT2D eigenvalue weighted by Gasteiger charge is 2.21. The Morgan fingerprint density at radius 2 is 1.92 bits per heavy atom. The van der Waals surface area contributed by atoms with Gasteiger partial charge in [0.2, 0.25) is 0 Å². The summed E-state index contributed by atoms with van der Waals surface area (Å²) in [5.41, 5.74) is 0. The SMILES string of the molecule is CCOC(=O)C(C)OS(=O)(=O)CC. The number of hydrogen-bond acceptors (Lipinski definition) is 5. The molecule has 0 spiro atoms. The maximum atomic E-state index is 10.9. The quantitative estimate of drug-likeness (QED) is 0.482. The zero-order valence-electron chi connectivity index (χ0n) is 7.94. The minimum atomic E-state index is -3.58. The van der Waals surface area contributed by atoms with Crippen LogP contribution in [0, 0.1) is 0 Å². The lowest BCUT2D eigenvalue weighted by atomic mass is 10.4. The molecule has 0 aliphatic heterocycles. The van der Waals surface area contributed by atoms with Crippen molar-refractivity contribution >= 4 is 16.1 Å². The first-order valence-corrected chi connectivity index (χ1v) is 5.58. The Kier molecular flexibility index (Phi) is 4.94. The van der Waals surface area contributed by atoms with E-state index >= 15 is 0 Å². The van der Waals surface area contributed by atoms with Gasteiger partial charge in [-0.1, -0.05) is 0 Å². The van der Waals surface area contributed by atoms with E-state index in [0.717, 1.165) is 0 Å². The molecule has 0 fully saturated rings. The molecule has 0 rings (SSSR count). The number of rotatable bonds is 5. The summed E-state index contributed by atoms with van der Waals surface area (Å²) in [5.74, 6) is -0.823. The van der Waals surface area contributed by atoms with Crippen LogP contribution in [0.1, 0.15) is 20.8 Å². The number of carbonyl (C=O) groups is 1. The summed E-state index contributed by atoms with van der Waals surface area (Å²) < 4.78 is 30.8. The van der Waals surface area contributed by atoms with Crippen LogP contribution in [0.15, 0.2) is 0 Å². The lowest BCUT2D eigenvalue weighted by Gasteiger charge is -2.10. The first kappa shape index (κ1) is 12.4. The van der Waals surface area contributed by atoms with E-state index < -0.39 is 22.2 Å². The van der Waals surface area contributed by atoms with Gasteiger partial charge in [0.1, 0.15) is 0 Å². The van der Waals surface area contributed by atoms with Crippen molar-refractivity contribution in [1.29, 1.82) is 0 Å². The molecule has 1 atom stereocenters. The molecular weight excluding hydrogens is 196 g/mol. The van der Waals surface area contributed by atoms with Gasteiger partial charge in [-0.05, 0) is 20.8 Å². The smallest absolute Gasteiger partial charge is 0.336 e. The number of ether oxygens (including phenoxy) is 1. The molecule has 0 radical (unpaired) electrons. The molecule has 0 aromatic heterocycles. The zero-order chi connectivity index (χ0) is 10.5. The molecule has 0 amide bonds. The Morgan fingerprint density at radius 3 is 2.31 bits per heavy atom. The van der Waals surface area contributed by atoms with E-state index in [2.05, 4.69) is 8.92 Å². The molecule has 0 saturated heterocycles. The Labute approximate surface area is 78.2 Å². The highest BCUT2D eigenvalue weighted by atomic mass is 32.2. The zero-order valence-corrected chi connectivity index (χ0v) is 8.76. The molecule has 0 aromatic carbocycles. The van der Waals surface area contributed by atoms with Crippen LogP contribution in [0.25, 0.3) is 0 Å². The van der Waals surface area contributed by atoms with Crippen LogP contribution < -0.4 is 0 Å². The van der Waals surface area contributed by atoms with E-state index in [1.807, 2.05) is 0 Å². The molecule has 0 aliphatic rings. The van der Waals surface area contributed by atoms with Gasteiger partial charge in [-0.25, -0.2) is 4.79 Å². The van der Waals surface area contributed by atoms with Gasteiger partial charge in [0.25, 0.3) is 10.1 Å². The van der Waals surface area contributed by atoms with E-state index in [4.69, 9.17) is 0 Å². The second-order valence-electron chi connectivity index (χ2n) is 2.34. The van der Waals surface area contributed by atoms with Crippen LogP contribution in [-0.2, 0) is 23.8 Å². The highest BCUT2D eigenvalue weighted by molar-refractivity contribution is 7.86. The van der Waals surface area contributed by atoms with Crippen LogP contribution in [0.5, 0.6) is 0 Å². The molecule has 0 aliphatic carbocycles. The standard InChI is InChI=1S/C7H14O5S/c1-4-11-7(8)6(3)12-13(9,10)5-2/h6H,4-5H2,1-3H3. The third kappa shape index (κ3) is 4.84. The van der Waals surface area contributed by atoms with Gasteiger partial charge in [-0.2, -0.15) is 8.42 Å². The topological polar surface area (TPSA) is 69.7 Å². The summed E-state index contributed by atoms with van der Waals surface area (Å²) in [6, 6.07) is 0. The fourth-order valence-corrected chi connectivity index (χ4v) is 1.24. The molecule has 0 saturated carbocycles. The van der Waals surface area contributed by atoms with Crippen molar-refractivity contribution in [3.63, 3.8) is 0 Å². The second-order valence-corrected chi connectivity index (χ2v) is 4.22. The van der Waals surface area contributed by atoms with E-state index in [1.165, 1.54) is 13.8 Å². The Bertz CT molecular complexity index is 256. The molecule has 6 heteroatoms. The van der Waals surface area contributed by atoms with Crippen molar-refractivity contribution in [2.45, 2.75) is 26.9 Å². The average Bonchev–Trinajstić information content (AvgIpc) is 2.04. The minimum Gasteiger partial charge on any atom is -0.464 e. The van der Waals surface area contributed by atoms with Crippen LogP contribution in [0.3, 0.4) is 0 Å². The highest BCUT2D eigenvalue weighted by Crippen LogP contribution is 2.01. The molecule has 78 valence electrons. The van der Waals surface area contributed by atoms with E-state index in [-0.39, 0.29) is 12.4 Å². The van der Waals surface area contributed by atoms with Gasteiger partial charge in [-0.15, -0.1) is 0 Å². The predicted octanol–water partition coefficient (Wildman–Crippen LogP) is 0.304. The molecule has 5 nitrogen and oxygen atoms in total. The van der Waals surface area contributed by atoms with Crippen LogP contribution in [0.4, 0.5) is 0 Å². The monoisotopic (exact) mass is 210 g/mol. The Morgan fingerprint density at radius 1 is 1.38 bits per heavy atom. The van der Waals surface area contributed by atoms with E-state index in [1.54, 1.807) is 6.92 Å². The van der Waals surface area contributed by atoms with Crippen molar-refractivity contribution in [2.75, 3.05) is 12.4 Å². The third-order valence-corrected chi connectivity index (χ3v) is 2.55. The second kappa shape index (κ2) is 5.18. The molecular formula is C7H14O5S. The van der Waals surface area contributed by atoms with Crippen molar-refractivity contribution in [2.24, 2.45) is 0 Å². The lowest BCUT2D eigenvalue weighted by molar-refractivity contribution is -0.150. The first-order chi connectivity index (χ1) is 5.93. The molecule has 0 bridgehead atoms. The van der Waals surface area contributed by atoms with Crippen molar-refractivity contribution in [3.05, 3.63) is 0 Å². The minimum absolute atomic E-state index is 0.156. The van der Waals surface area contributed by atoms with Crippen molar-refractivity contribution in [1.82, 2.24) is 0 Å². The molecule has 0 heterocycles. The van der Waals surface area contributed by atoms with Gasteiger partial charge >= 0.3 is 5.97 Å². The summed E-state index contributed by atoms with van der Waals surface area (Å²) in [4.78, 5) is 10.9. The van der Waals surface area contributed by atoms with E-state index in [0.29, 0.717) is 0 Å². The molecule has 1 unspecified atom stereocenters. The first-order valence-electron chi connectivity index (χ1n) is 4.00. The third-order valence-electron chi connectivity index (χ3n) is 1.26. The summed E-state index contributed by atoms with van der Waals surface area (Å²) in [7, 11) is -3.58. The fourth-order valence-electron chi connectivity index (χ4n) is 0.587. The van der Waals surface area contributed by atoms with Crippen LogP contribution in [0.2, 0.25) is 0 Å². The summed E-state index contributed by atoms with van der Waals surface area (Å²) in [6.07, 6.45) is -1.06. The lowest BCUT2D eigenvalue weighted by Crippen LogP contribution is -2.27. The van der Waals surface area contributed by atoms with Gasteiger partial charge in [0.15, 0.2) is 6.10 Å². The molecule has 0 aromatic rings. The average molecular weight is 210 g/mol. The normalized spacial score (nSPS) is 13.8. The summed E-state index contributed by atoms with van der Waals surface area (Å²) in [6.45, 7) is 4.62. The predicted molar refractivity (Wildman–Crippen MR) is 46.6 cm³/mol. The van der Waals surface area contributed by atoms with Gasteiger partial charge in [-0.3, -0.25) is 4.18 Å². The van der Waals surface area contributed by atoms with Crippen molar-refractivity contribution < 1.29 is 22.1 Å². The van der Waals surface area contributed by atoms with Gasteiger partial charge in [0.05, 0.1) is 12.4 Å². The Balaban J connectivity index is 4.15. The molecule has 13 heavy (non-hydrogen) atoms. The van der Waals surface area contributed by atoms with Gasteiger partial charge < -0.3 is 4.74 Å². The summed E-state index contributed by atoms with van der Waals surface area (Å²) >= 11 is 0. The molecule has 0 N–H and O–H groups in total. The Hall–Kier alpha value is -0.620. The maximum Gasteiger partial charge on any atom is 0.336 e. The number of hydrogen-bond donors (Lipinski definition) is 0. The fraction of sp³-hybridized carbons (Fsp3) is 0.857. The largest absolute Gasteiger partial charge is 0.464 e. The van der Waals surface area contributed by atoms with Gasteiger partial charge in [0, 0.05) is 0 Å². The van der Waals surface area contributed by atoms with Crippen molar-refractivity contribution in [3.8, 4) is 0 Å². The number of esters is 1. The van der Waals surface area contributed by atoms with Crippen LogP contribution in [-0.4, -0.2) is 32.9 Å². The maximum absolute atomic E-state index is 10.9.